The van der Waals surface area contributed by atoms with Crippen LogP contribution in [-0.2, 0) is 4.74 Å². The first kappa shape index (κ1) is 15.9. The van der Waals surface area contributed by atoms with E-state index in [4.69, 9.17) is 4.74 Å². The second-order valence-corrected chi connectivity index (χ2v) is 5.49. The van der Waals surface area contributed by atoms with Gasteiger partial charge in [-0.1, -0.05) is 12.1 Å². The Kier molecular flexibility index (Phi) is 5.73. The lowest BCUT2D eigenvalue weighted by atomic mass is 10.00. The molecule has 0 aromatic heterocycles. The van der Waals surface area contributed by atoms with Gasteiger partial charge in [0.2, 0.25) is 0 Å². The number of rotatable bonds is 5. The van der Waals surface area contributed by atoms with Crippen LogP contribution in [0.3, 0.4) is 0 Å². The summed E-state index contributed by atoms with van der Waals surface area (Å²) in [5.41, 5.74) is 1.91. The van der Waals surface area contributed by atoms with E-state index in [0.717, 1.165) is 38.3 Å². The third-order valence-electron chi connectivity index (χ3n) is 4.10. The molecule has 0 aliphatic carbocycles. The van der Waals surface area contributed by atoms with Gasteiger partial charge in [0.05, 0.1) is 6.61 Å². The highest BCUT2D eigenvalue weighted by Crippen LogP contribution is 2.24. The molecule has 1 fully saturated rings. The molecule has 1 N–H and O–H groups in total. The van der Waals surface area contributed by atoms with E-state index in [1.54, 1.807) is 14.2 Å². The molecule has 2 rings (SSSR count). The maximum absolute atomic E-state index is 11.8. The van der Waals surface area contributed by atoms with Crippen LogP contribution in [-0.4, -0.2) is 69.7 Å². The Morgan fingerprint density at radius 3 is 2.95 bits per heavy atom. The summed E-state index contributed by atoms with van der Waals surface area (Å²) < 4.78 is 5.17. The molecule has 1 atom stereocenters. The lowest BCUT2D eigenvalue weighted by Gasteiger charge is -2.39. The molecule has 1 aromatic rings. The van der Waals surface area contributed by atoms with Crippen molar-refractivity contribution >= 4 is 5.91 Å². The second kappa shape index (κ2) is 7.54. The first-order valence-electron chi connectivity index (χ1n) is 7.39. The minimum Gasteiger partial charge on any atom is -0.383 e. The fourth-order valence-electron chi connectivity index (χ4n) is 2.75. The van der Waals surface area contributed by atoms with Crippen molar-refractivity contribution in [3.63, 3.8) is 0 Å². The normalized spacial score (nSPS) is 20.4. The Morgan fingerprint density at radius 1 is 1.43 bits per heavy atom. The third kappa shape index (κ3) is 4.03. The van der Waals surface area contributed by atoms with Crippen LogP contribution in [0.2, 0.25) is 0 Å². The summed E-state index contributed by atoms with van der Waals surface area (Å²) in [7, 11) is 5.54. The zero-order valence-corrected chi connectivity index (χ0v) is 13.1. The molecule has 5 nitrogen and oxygen atoms in total. The van der Waals surface area contributed by atoms with E-state index in [1.807, 2.05) is 18.2 Å². The van der Waals surface area contributed by atoms with Crippen molar-refractivity contribution in [3.05, 3.63) is 35.4 Å². The van der Waals surface area contributed by atoms with Gasteiger partial charge in [0.25, 0.3) is 5.91 Å². The summed E-state index contributed by atoms with van der Waals surface area (Å²) in [6.07, 6.45) is 0. The molecule has 0 saturated carbocycles. The van der Waals surface area contributed by atoms with E-state index in [9.17, 15) is 4.79 Å². The molecular weight excluding hydrogens is 266 g/mol. The number of amides is 1. The van der Waals surface area contributed by atoms with Crippen LogP contribution in [0.1, 0.15) is 22.0 Å². The number of nitrogens with zero attached hydrogens (tertiary/aromatic N) is 2. The molecule has 21 heavy (non-hydrogen) atoms. The largest absolute Gasteiger partial charge is 0.383 e. The van der Waals surface area contributed by atoms with Crippen LogP contribution in [0.25, 0.3) is 0 Å². The smallest absolute Gasteiger partial charge is 0.251 e. The number of benzene rings is 1. The molecule has 1 aliphatic rings. The van der Waals surface area contributed by atoms with Gasteiger partial charge >= 0.3 is 0 Å². The van der Waals surface area contributed by atoms with E-state index >= 15 is 0 Å². The predicted octanol–water partition coefficient (Wildman–Crippen LogP) is 0.981. The summed E-state index contributed by atoms with van der Waals surface area (Å²) >= 11 is 0. The molecule has 116 valence electrons. The van der Waals surface area contributed by atoms with E-state index in [0.29, 0.717) is 6.04 Å². The van der Waals surface area contributed by atoms with Gasteiger partial charge < -0.3 is 10.1 Å². The van der Waals surface area contributed by atoms with Crippen LogP contribution < -0.4 is 5.32 Å². The molecule has 1 aromatic carbocycles. The van der Waals surface area contributed by atoms with Gasteiger partial charge in [-0.3, -0.25) is 14.6 Å². The summed E-state index contributed by atoms with van der Waals surface area (Å²) in [5.74, 6) is -0.0356. The number of ether oxygens (including phenoxy) is 1. The Labute approximate surface area is 126 Å². The number of hydrogen-bond donors (Lipinski definition) is 1. The third-order valence-corrected chi connectivity index (χ3v) is 4.10. The molecule has 0 radical (unpaired) electrons. The van der Waals surface area contributed by atoms with Gasteiger partial charge in [0.1, 0.15) is 0 Å². The summed E-state index contributed by atoms with van der Waals surface area (Å²) in [6, 6.07) is 8.24. The second-order valence-electron chi connectivity index (χ2n) is 5.49. The van der Waals surface area contributed by atoms with E-state index in [-0.39, 0.29) is 5.91 Å². The van der Waals surface area contributed by atoms with Crippen LogP contribution >= 0.6 is 0 Å². The highest BCUT2D eigenvalue weighted by atomic mass is 16.5. The molecule has 1 aliphatic heterocycles. The number of methoxy groups -OCH3 is 1. The van der Waals surface area contributed by atoms with Crippen molar-refractivity contribution in [3.8, 4) is 0 Å². The van der Waals surface area contributed by atoms with Crippen molar-refractivity contribution in [2.24, 2.45) is 0 Å². The highest BCUT2D eigenvalue weighted by Gasteiger charge is 2.25. The number of hydrogen-bond acceptors (Lipinski definition) is 4. The zero-order valence-electron chi connectivity index (χ0n) is 13.1. The number of carbonyl (C=O) groups excluding carboxylic acids is 1. The van der Waals surface area contributed by atoms with Gasteiger partial charge in [0.15, 0.2) is 0 Å². The zero-order chi connectivity index (χ0) is 15.2. The lowest BCUT2D eigenvalue weighted by molar-refractivity contribution is 0.0709. The fourth-order valence-corrected chi connectivity index (χ4v) is 2.75. The Morgan fingerprint density at radius 2 is 2.24 bits per heavy atom. The van der Waals surface area contributed by atoms with E-state index < -0.39 is 0 Å². The minimum atomic E-state index is -0.0356. The topological polar surface area (TPSA) is 44.8 Å². The number of likely N-dealkylation sites (N-methyl/N-ethyl adjacent to an activating group) is 1. The first-order chi connectivity index (χ1) is 10.2. The van der Waals surface area contributed by atoms with E-state index in [2.05, 4.69) is 28.2 Å². The fraction of sp³-hybridized carbons (Fsp3) is 0.562. The Bertz CT molecular complexity index is 476. The van der Waals surface area contributed by atoms with Gasteiger partial charge in [0, 0.05) is 51.9 Å². The standard InChI is InChI=1S/C16H25N3O2/c1-17-16(20)14-6-4-5-13(11-14)15-12-19(9-10-21-3)8-7-18(15)2/h4-6,11,15H,7-10,12H2,1-3H3,(H,17,20). The maximum Gasteiger partial charge on any atom is 0.251 e. The van der Waals surface area contributed by atoms with Crippen molar-refractivity contribution < 1.29 is 9.53 Å². The lowest BCUT2D eigenvalue weighted by Crippen LogP contribution is -2.47. The molecule has 1 amide bonds. The minimum absolute atomic E-state index is 0.0356. The van der Waals surface area contributed by atoms with Gasteiger partial charge in [-0.25, -0.2) is 0 Å². The number of piperazine rings is 1. The van der Waals surface area contributed by atoms with Crippen LogP contribution in [0.5, 0.6) is 0 Å². The van der Waals surface area contributed by atoms with Gasteiger partial charge in [-0.05, 0) is 24.7 Å². The maximum atomic E-state index is 11.8. The summed E-state index contributed by atoms with van der Waals surface area (Å²) in [6.45, 7) is 4.77. The number of carbonyl (C=O) groups is 1. The molecule has 1 heterocycles. The van der Waals surface area contributed by atoms with Crippen LogP contribution in [0.15, 0.2) is 24.3 Å². The van der Waals surface area contributed by atoms with Crippen molar-refractivity contribution in [2.75, 3.05) is 54.0 Å². The van der Waals surface area contributed by atoms with E-state index in [1.165, 1.54) is 5.56 Å². The molecular formula is C16H25N3O2. The Hall–Kier alpha value is -1.43. The monoisotopic (exact) mass is 291 g/mol. The number of nitrogens with one attached hydrogen (secondary N) is 1. The average Bonchev–Trinajstić information content (AvgIpc) is 2.53. The molecule has 0 bridgehead atoms. The van der Waals surface area contributed by atoms with Gasteiger partial charge in [-0.15, -0.1) is 0 Å². The quantitative estimate of drug-likeness (QED) is 0.878. The average molecular weight is 291 g/mol. The van der Waals surface area contributed by atoms with Crippen LogP contribution in [0.4, 0.5) is 0 Å². The van der Waals surface area contributed by atoms with Crippen molar-refractivity contribution in [1.82, 2.24) is 15.1 Å². The SMILES string of the molecule is CNC(=O)c1cccc(C2CN(CCOC)CCN2C)c1. The van der Waals surface area contributed by atoms with Crippen molar-refractivity contribution in [1.29, 1.82) is 0 Å². The van der Waals surface area contributed by atoms with Crippen LogP contribution in [0, 0.1) is 0 Å². The molecule has 1 saturated heterocycles. The summed E-state index contributed by atoms with van der Waals surface area (Å²) in [5, 5.41) is 2.68. The molecule has 5 heteroatoms. The first-order valence-corrected chi connectivity index (χ1v) is 7.39. The molecule has 0 spiro atoms. The molecule has 1 unspecified atom stereocenters. The summed E-state index contributed by atoms with van der Waals surface area (Å²) in [4.78, 5) is 16.6. The Balaban J connectivity index is 2.12. The highest BCUT2D eigenvalue weighted by molar-refractivity contribution is 5.94. The predicted molar refractivity (Wildman–Crippen MR) is 83.5 cm³/mol. The van der Waals surface area contributed by atoms with Gasteiger partial charge in [-0.2, -0.15) is 0 Å². The van der Waals surface area contributed by atoms with Crippen molar-refractivity contribution in [2.45, 2.75) is 6.04 Å².